The van der Waals surface area contributed by atoms with E-state index in [0.29, 0.717) is 23.0 Å². The summed E-state index contributed by atoms with van der Waals surface area (Å²) in [5.74, 6) is 0.858. The third-order valence-electron chi connectivity index (χ3n) is 3.05. The molecule has 0 spiro atoms. The number of methoxy groups -OCH3 is 1. The predicted molar refractivity (Wildman–Crippen MR) is 89.1 cm³/mol. The molecule has 1 aromatic heterocycles. The maximum Gasteiger partial charge on any atom is 0.255 e. The molecule has 0 saturated heterocycles. The van der Waals surface area contributed by atoms with E-state index < -0.39 is 0 Å². The smallest absolute Gasteiger partial charge is 0.255 e. The summed E-state index contributed by atoms with van der Waals surface area (Å²) >= 11 is 0. The van der Waals surface area contributed by atoms with Crippen molar-refractivity contribution in [2.24, 2.45) is 5.92 Å². The highest BCUT2D eigenvalue weighted by atomic mass is 16.5. The number of carbonyl (C=O) groups is 1. The molecule has 1 heterocycles. The summed E-state index contributed by atoms with van der Waals surface area (Å²) in [4.78, 5) is 16.2. The Bertz CT molecular complexity index is 644. The Labute approximate surface area is 130 Å². The molecule has 4 heteroatoms. The van der Waals surface area contributed by atoms with Crippen molar-refractivity contribution < 1.29 is 9.53 Å². The van der Waals surface area contributed by atoms with Gasteiger partial charge in [-0.1, -0.05) is 38.1 Å². The number of aromatic nitrogens is 1. The SMILES string of the molecule is COc1ccc(NC(=O)c2ccc(/C=C/C(C)C)cc2)cn1. The van der Waals surface area contributed by atoms with Crippen LogP contribution in [0.15, 0.2) is 48.7 Å². The van der Waals surface area contributed by atoms with Gasteiger partial charge in [-0.05, 0) is 29.7 Å². The Kier molecular flexibility index (Phi) is 5.31. The number of nitrogens with one attached hydrogen (secondary N) is 1. The van der Waals surface area contributed by atoms with Crippen LogP contribution in [-0.4, -0.2) is 18.0 Å². The minimum absolute atomic E-state index is 0.161. The van der Waals surface area contributed by atoms with E-state index in [0.717, 1.165) is 5.56 Å². The fraction of sp³-hybridized carbons (Fsp3) is 0.222. The van der Waals surface area contributed by atoms with Gasteiger partial charge in [0.1, 0.15) is 0 Å². The van der Waals surface area contributed by atoms with Crippen molar-refractivity contribution in [3.05, 3.63) is 59.8 Å². The van der Waals surface area contributed by atoms with Crippen molar-refractivity contribution in [1.82, 2.24) is 4.98 Å². The number of anilines is 1. The van der Waals surface area contributed by atoms with Gasteiger partial charge in [0.2, 0.25) is 5.88 Å². The lowest BCUT2D eigenvalue weighted by molar-refractivity contribution is 0.102. The Balaban J connectivity index is 2.02. The second-order valence-electron chi connectivity index (χ2n) is 5.27. The minimum atomic E-state index is -0.161. The normalized spacial score (nSPS) is 10.9. The number of carbonyl (C=O) groups excluding carboxylic acids is 1. The van der Waals surface area contributed by atoms with Gasteiger partial charge in [-0.15, -0.1) is 0 Å². The molecule has 0 aliphatic carbocycles. The molecule has 1 amide bonds. The zero-order chi connectivity index (χ0) is 15.9. The van der Waals surface area contributed by atoms with Gasteiger partial charge in [-0.3, -0.25) is 4.79 Å². The van der Waals surface area contributed by atoms with Gasteiger partial charge in [0.25, 0.3) is 5.91 Å². The lowest BCUT2D eigenvalue weighted by atomic mass is 10.1. The standard InChI is InChI=1S/C18H20N2O2/c1-13(2)4-5-14-6-8-15(9-7-14)18(21)20-16-10-11-17(22-3)19-12-16/h4-13H,1-3H3,(H,20,21)/b5-4+. The first-order chi connectivity index (χ1) is 10.6. The third-order valence-corrected chi connectivity index (χ3v) is 3.05. The zero-order valence-corrected chi connectivity index (χ0v) is 13.0. The summed E-state index contributed by atoms with van der Waals surface area (Å²) in [5, 5.41) is 2.80. The minimum Gasteiger partial charge on any atom is -0.481 e. The van der Waals surface area contributed by atoms with Crippen LogP contribution in [0, 0.1) is 5.92 Å². The van der Waals surface area contributed by atoms with Crippen molar-refractivity contribution in [1.29, 1.82) is 0 Å². The first-order valence-corrected chi connectivity index (χ1v) is 7.18. The summed E-state index contributed by atoms with van der Waals surface area (Å²) in [6.45, 7) is 4.25. The van der Waals surface area contributed by atoms with Gasteiger partial charge in [0.15, 0.2) is 0 Å². The molecule has 1 aromatic carbocycles. The number of nitrogens with zero attached hydrogens (tertiary/aromatic N) is 1. The molecule has 0 atom stereocenters. The molecular formula is C18H20N2O2. The number of benzene rings is 1. The van der Waals surface area contributed by atoms with E-state index in [2.05, 4.69) is 36.3 Å². The molecule has 0 aliphatic heterocycles. The Morgan fingerprint density at radius 1 is 1.18 bits per heavy atom. The van der Waals surface area contributed by atoms with Gasteiger partial charge < -0.3 is 10.1 Å². The van der Waals surface area contributed by atoms with Gasteiger partial charge in [-0.25, -0.2) is 4.98 Å². The molecule has 22 heavy (non-hydrogen) atoms. The van der Waals surface area contributed by atoms with E-state index in [1.807, 2.05) is 24.3 Å². The average Bonchev–Trinajstić information content (AvgIpc) is 2.54. The van der Waals surface area contributed by atoms with Crippen LogP contribution in [0.2, 0.25) is 0 Å². The first kappa shape index (κ1) is 15.8. The van der Waals surface area contributed by atoms with Crippen LogP contribution < -0.4 is 10.1 Å². The predicted octanol–water partition coefficient (Wildman–Crippen LogP) is 4.01. The highest BCUT2D eigenvalue weighted by molar-refractivity contribution is 6.04. The first-order valence-electron chi connectivity index (χ1n) is 7.18. The van der Waals surface area contributed by atoms with Crippen LogP contribution >= 0.6 is 0 Å². The van der Waals surface area contributed by atoms with Crippen molar-refractivity contribution in [3.8, 4) is 5.88 Å². The third kappa shape index (κ3) is 4.45. The molecule has 0 bridgehead atoms. The maximum absolute atomic E-state index is 12.2. The largest absolute Gasteiger partial charge is 0.481 e. The highest BCUT2D eigenvalue weighted by Gasteiger charge is 2.06. The van der Waals surface area contributed by atoms with E-state index in [4.69, 9.17) is 4.74 Å². The van der Waals surface area contributed by atoms with Crippen LogP contribution in [0.5, 0.6) is 5.88 Å². The van der Waals surface area contributed by atoms with Crippen LogP contribution in [-0.2, 0) is 0 Å². The molecule has 0 radical (unpaired) electrons. The number of pyridine rings is 1. The Morgan fingerprint density at radius 3 is 2.45 bits per heavy atom. The van der Waals surface area contributed by atoms with E-state index in [9.17, 15) is 4.79 Å². The quantitative estimate of drug-likeness (QED) is 0.907. The molecule has 2 rings (SSSR count). The fourth-order valence-corrected chi connectivity index (χ4v) is 1.83. The number of amides is 1. The van der Waals surface area contributed by atoms with Gasteiger partial charge in [-0.2, -0.15) is 0 Å². The molecule has 0 aliphatic rings. The molecule has 0 unspecified atom stereocenters. The van der Waals surface area contributed by atoms with Crippen molar-refractivity contribution in [2.45, 2.75) is 13.8 Å². The van der Waals surface area contributed by atoms with Crippen molar-refractivity contribution >= 4 is 17.7 Å². The number of allylic oxidation sites excluding steroid dienone is 1. The van der Waals surface area contributed by atoms with E-state index in [1.54, 1.807) is 25.4 Å². The lowest BCUT2D eigenvalue weighted by Gasteiger charge is -2.06. The summed E-state index contributed by atoms with van der Waals surface area (Å²) < 4.78 is 4.98. The summed E-state index contributed by atoms with van der Waals surface area (Å²) in [7, 11) is 1.55. The topological polar surface area (TPSA) is 51.2 Å². The Morgan fingerprint density at radius 2 is 1.91 bits per heavy atom. The summed E-state index contributed by atoms with van der Waals surface area (Å²) in [6.07, 6.45) is 5.74. The van der Waals surface area contributed by atoms with Crippen molar-refractivity contribution in [3.63, 3.8) is 0 Å². The number of rotatable bonds is 5. The monoisotopic (exact) mass is 296 g/mol. The van der Waals surface area contributed by atoms with Crippen LogP contribution in [0.25, 0.3) is 6.08 Å². The molecule has 2 aromatic rings. The average molecular weight is 296 g/mol. The van der Waals surface area contributed by atoms with Gasteiger partial charge in [0.05, 0.1) is 19.0 Å². The molecule has 1 N–H and O–H groups in total. The van der Waals surface area contributed by atoms with Crippen LogP contribution in [0.3, 0.4) is 0 Å². The molecule has 4 nitrogen and oxygen atoms in total. The lowest BCUT2D eigenvalue weighted by Crippen LogP contribution is -2.11. The second-order valence-corrected chi connectivity index (χ2v) is 5.27. The van der Waals surface area contributed by atoms with Gasteiger partial charge >= 0.3 is 0 Å². The van der Waals surface area contributed by atoms with E-state index in [1.165, 1.54) is 0 Å². The maximum atomic E-state index is 12.2. The zero-order valence-electron chi connectivity index (χ0n) is 13.0. The molecule has 114 valence electrons. The molecule has 0 saturated carbocycles. The number of hydrogen-bond donors (Lipinski definition) is 1. The highest BCUT2D eigenvalue weighted by Crippen LogP contribution is 2.13. The Hall–Kier alpha value is -2.62. The van der Waals surface area contributed by atoms with Gasteiger partial charge in [0, 0.05) is 11.6 Å². The van der Waals surface area contributed by atoms with E-state index in [-0.39, 0.29) is 5.91 Å². The molecular weight excluding hydrogens is 276 g/mol. The second kappa shape index (κ2) is 7.41. The summed E-state index contributed by atoms with van der Waals surface area (Å²) in [5.41, 5.74) is 2.32. The fourth-order valence-electron chi connectivity index (χ4n) is 1.83. The van der Waals surface area contributed by atoms with E-state index >= 15 is 0 Å². The number of hydrogen-bond acceptors (Lipinski definition) is 3. The molecule has 0 fully saturated rings. The van der Waals surface area contributed by atoms with Crippen molar-refractivity contribution in [2.75, 3.05) is 12.4 Å². The van der Waals surface area contributed by atoms with Crippen LogP contribution in [0.1, 0.15) is 29.8 Å². The number of ether oxygens (including phenoxy) is 1. The van der Waals surface area contributed by atoms with Crippen LogP contribution in [0.4, 0.5) is 5.69 Å². The summed E-state index contributed by atoms with van der Waals surface area (Å²) in [6, 6.07) is 10.9.